The molecule has 0 unspecified atom stereocenters. The lowest BCUT2D eigenvalue weighted by Crippen LogP contribution is -2.44. The van der Waals surface area contributed by atoms with Gasteiger partial charge in [0.25, 0.3) is 5.56 Å². The van der Waals surface area contributed by atoms with Crippen molar-refractivity contribution < 1.29 is 16.0 Å². The van der Waals surface area contributed by atoms with Crippen LogP contribution < -0.4 is 11.3 Å². The van der Waals surface area contributed by atoms with Gasteiger partial charge in [0.1, 0.15) is 6.61 Å². The number of benzene rings is 1. The first-order chi connectivity index (χ1) is 13.3. The molecule has 0 spiro atoms. The van der Waals surface area contributed by atoms with Crippen LogP contribution in [0.5, 0.6) is 0 Å². The minimum absolute atomic E-state index is 0.0833. The van der Waals surface area contributed by atoms with Crippen molar-refractivity contribution in [2.75, 3.05) is 5.73 Å². The number of esters is 1. The van der Waals surface area contributed by atoms with Crippen LogP contribution in [-0.4, -0.2) is 20.6 Å². The van der Waals surface area contributed by atoms with Gasteiger partial charge in [0.05, 0.1) is 30.4 Å². The topological polar surface area (TPSA) is 107 Å². The minimum Gasteiger partial charge on any atom is -0.458 e. The average molecular weight is 365 g/mol. The molecular weight excluding hydrogens is 346 g/mol. The van der Waals surface area contributed by atoms with Crippen molar-refractivity contribution in [2.24, 2.45) is 0 Å². The number of aliphatic hydroxyl groups is 1. The Kier molecular flexibility index (Phi) is 2.86. The Morgan fingerprint density at radius 1 is 1.41 bits per heavy atom. The molecule has 1 aromatic carbocycles. The molecule has 2 aliphatic heterocycles. The molecule has 0 bridgehead atoms. The number of nitrogens with two attached hydrogens (primary N) is 1. The Morgan fingerprint density at radius 3 is 3.00 bits per heavy atom. The minimum atomic E-state index is -1.86. The van der Waals surface area contributed by atoms with Gasteiger partial charge in [-0.25, -0.2) is 9.78 Å². The first kappa shape index (κ1) is 14.9. The summed E-state index contributed by atoms with van der Waals surface area (Å²) < 4.78 is 15.1. The second-order valence-electron chi connectivity index (χ2n) is 6.94. The SMILES string of the molecule is [3H]c1c2c(nc3cc(N)ccc13)-c1cc3c(c(=O)n1C2)COC(=O)[C@]3(O)CC. The molecular formula is C20H17N3O4. The molecule has 7 heteroatoms. The summed E-state index contributed by atoms with van der Waals surface area (Å²) >= 11 is 0. The molecule has 0 saturated heterocycles. The summed E-state index contributed by atoms with van der Waals surface area (Å²) in [5.74, 6) is -0.759. The molecule has 3 aromatic rings. The Bertz CT molecular complexity index is 1270. The van der Waals surface area contributed by atoms with Gasteiger partial charge in [-0.2, -0.15) is 0 Å². The van der Waals surface area contributed by atoms with Gasteiger partial charge < -0.3 is 20.1 Å². The maximum Gasteiger partial charge on any atom is 0.343 e. The van der Waals surface area contributed by atoms with E-state index in [0.29, 0.717) is 39.6 Å². The number of carbonyl (C=O) groups is 1. The summed E-state index contributed by atoms with van der Waals surface area (Å²) in [4.78, 5) is 29.9. The number of fused-ring (bicyclic) bond motifs is 5. The average Bonchev–Trinajstić information content (AvgIpc) is 3.04. The number of hydrogen-bond acceptors (Lipinski definition) is 6. The molecule has 136 valence electrons. The zero-order valence-electron chi connectivity index (χ0n) is 15.6. The summed E-state index contributed by atoms with van der Waals surface area (Å²) in [5, 5.41) is 11.5. The van der Waals surface area contributed by atoms with Gasteiger partial charge in [0.15, 0.2) is 5.60 Å². The van der Waals surface area contributed by atoms with Crippen molar-refractivity contribution in [1.29, 1.82) is 0 Å². The number of ether oxygens (including phenoxy) is 1. The molecule has 1 atom stereocenters. The fraction of sp³-hybridized carbons (Fsp3) is 0.250. The molecule has 27 heavy (non-hydrogen) atoms. The molecule has 7 nitrogen and oxygen atoms in total. The maximum atomic E-state index is 13.1. The van der Waals surface area contributed by atoms with Crippen LogP contribution in [0.25, 0.3) is 22.3 Å². The van der Waals surface area contributed by atoms with E-state index in [-0.39, 0.29) is 36.3 Å². The van der Waals surface area contributed by atoms with Crippen LogP contribution in [0, 0.1) is 0 Å². The Balaban J connectivity index is 1.84. The lowest BCUT2D eigenvalue weighted by Gasteiger charge is -2.31. The highest BCUT2D eigenvalue weighted by Gasteiger charge is 2.45. The van der Waals surface area contributed by atoms with Crippen molar-refractivity contribution >= 4 is 22.6 Å². The van der Waals surface area contributed by atoms with Crippen molar-refractivity contribution in [2.45, 2.75) is 32.1 Å². The van der Waals surface area contributed by atoms with E-state index in [1.807, 2.05) is 0 Å². The molecule has 0 radical (unpaired) electrons. The van der Waals surface area contributed by atoms with Crippen LogP contribution in [0.3, 0.4) is 0 Å². The highest BCUT2D eigenvalue weighted by molar-refractivity contribution is 5.87. The normalized spacial score (nSPS) is 20.7. The van der Waals surface area contributed by atoms with E-state index in [1.165, 1.54) is 4.57 Å². The predicted molar refractivity (Wildman–Crippen MR) is 98.9 cm³/mol. The highest BCUT2D eigenvalue weighted by Crippen LogP contribution is 2.38. The molecule has 2 aliphatic rings. The zero-order chi connectivity index (χ0) is 19.8. The standard InChI is InChI=1S/C20H17N3O4/c1-2-20(26)14-7-16-17-11(5-10-3-4-12(21)6-15(10)22-17)8-23(16)18(24)13(14)9-27-19(20)25/h3-7,26H,2,8-9,21H2,1H3/t20-/m0/s1/i5T. The third kappa shape index (κ3) is 2.03. The number of nitrogen functional groups attached to an aromatic ring is 1. The number of aromatic nitrogens is 2. The van der Waals surface area contributed by atoms with E-state index < -0.39 is 11.6 Å². The van der Waals surface area contributed by atoms with Crippen molar-refractivity contribution in [3.8, 4) is 11.4 Å². The van der Waals surface area contributed by atoms with E-state index >= 15 is 0 Å². The highest BCUT2D eigenvalue weighted by atomic mass is 16.6. The van der Waals surface area contributed by atoms with Gasteiger partial charge in [0.2, 0.25) is 0 Å². The zero-order valence-corrected chi connectivity index (χ0v) is 14.6. The largest absolute Gasteiger partial charge is 0.458 e. The van der Waals surface area contributed by atoms with E-state index in [0.717, 1.165) is 0 Å². The smallest absolute Gasteiger partial charge is 0.343 e. The van der Waals surface area contributed by atoms with Crippen LogP contribution in [0.1, 0.15) is 31.4 Å². The molecule has 3 N–H and O–H groups in total. The van der Waals surface area contributed by atoms with Crippen molar-refractivity contribution in [1.82, 2.24) is 9.55 Å². The van der Waals surface area contributed by atoms with E-state index in [1.54, 1.807) is 31.2 Å². The van der Waals surface area contributed by atoms with Crippen LogP contribution in [0.4, 0.5) is 5.69 Å². The predicted octanol–water partition coefficient (Wildman–Crippen LogP) is 1.66. The molecule has 2 aromatic heterocycles. The van der Waals surface area contributed by atoms with Crippen molar-refractivity contribution in [3.63, 3.8) is 0 Å². The molecule has 4 heterocycles. The number of nitrogens with zero attached hydrogens (tertiary/aromatic N) is 2. The lowest BCUT2D eigenvalue weighted by atomic mass is 9.86. The summed E-state index contributed by atoms with van der Waals surface area (Å²) in [7, 11) is 0. The molecule has 5 rings (SSSR count). The van der Waals surface area contributed by atoms with E-state index in [2.05, 4.69) is 4.98 Å². The third-order valence-electron chi connectivity index (χ3n) is 5.43. The van der Waals surface area contributed by atoms with Gasteiger partial charge in [-0.15, -0.1) is 0 Å². The van der Waals surface area contributed by atoms with E-state index in [4.69, 9.17) is 11.8 Å². The van der Waals surface area contributed by atoms with Crippen molar-refractivity contribution in [3.05, 3.63) is 57.4 Å². The number of cyclic esters (lactones) is 1. The Morgan fingerprint density at radius 2 is 2.22 bits per heavy atom. The monoisotopic (exact) mass is 365 g/mol. The van der Waals surface area contributed by atoms with Crippen LogP contribution >= 0.6 is 0 Å². The second-order valence-corrected chi connectivity index (χ2v) is 6.94. The number of carbonyl (C=O) groups excluding carboxylic acids is 1. The van der Waals surface area contributed by atoms with E-state index in [9.17, 15) is 14.7 Å². The fourth-order valence-electron chi connectivity index (χ4n) is 3.89. The summed E-state index contributed by atoms with van der Waals surface area (Å²) in [6.45, 7) is 1.69. The molecule has 0 amide bonds. The van der Waals surface area contributed by atoms with Gasteiger partial charge >= 0.3 is 5.97 Å². The van der Waals surface area contributed by atoms with Gasteiger partial charge in [-0.1, -0.05) is 13.0 Å². The second kappa shape index (κ2) is 5.17. The maximum absolute atomic E-state index is 13.1. The molecule has 0 aliphatic carbocycles. The molecule has 0 fully saturated rings. The lowest BCUT2D eigenvalue weighted by molar-refractivity contribution is -0.172. The quantitative estimate of drug-likeness (QED) is 0.392. The Hall–Kier alpha value is -3.19. The first-order valence-corrected chi connectivity index (χ1v) is 8.71. The third-order valence-corrected chi connectivity index (χ3v) is 5.43. The number of hydrogen-bond donors (Lipinski definition) is 2. The fourth-order valence-corrected chi connectivity index (χ4v) is 3.89. The first-order valence-electron chi connectivity index (χ1n) is 9.21. The van der Waals surface area contributed by atoms with Gasteiger partial charge in [-0.3, -0.25) is 4.79 Å². The van der Waals surface area contributed by atoms with Crippen LogP contribution in [-0.2, 0) is 28.3 Å². The van der Waals surface area contributed by atoms with Gasteiger partial charge in [0, 0.05) is 22.2 Å². The number of anilines is 1. The summed E-state index contributed by atoms with van der Waals surface area (Å²) in [6, 6.07) is 7.08. The molecule has 0 saturated carbocycles. The number of rotatable bonds is 1. The van der Waals surface area contributed by atoms with Gasteiger partial charge in [-0.05, 0) is 30.7 Å². The van der Waals surface area contributed by atoms with Crippen LogP contribution in [0.2, 0.25) is 0 Å². The summed E-state index contributed by atoms with van der Waals surface area (Å²) in [5.41, 5.74) is 6.88. The summed E-state index contributed by atoms with van der Waals surface area (Å²) in [6.07, 6.45) is 0.0833. The Labute approximate surface area is 155 Å². The number of pyridine rings is 2. The van der Waals surface area contributed by atoms with Crippen LogP contribution in [0.15, 0.2) is 35.1 Å².